The van der Waals surface area contributed by atoms with Gasteiger partial charge in [0.05, 0.1) is 29.2 Å². The number of pyridine rings is 2. The van der Waals surface area contributed by atoms with Crippen LogP contribution in [-0.4, -0.2) is 43.6 Å². The van der Waals surface area contributed by atoms with Gasteiger partial charge in [-0.25, -0.2) is 9.67 Å². The minimum atomic E-state index is 0.0202. The van der Waals surface area contributed by atoms with Gasteiger partial charge in [-0.3, -0.25) is 9.78 Å². The molecule has 1 atom stereocenters. The first-order chi connectivity index (χ1) is 12.7. The van der Waals surface area contributed by atoms with Crippen LogP contribution in [0.1, 0.15) is 35.7 Å². The SMILES string of the molecule is C[C@H]1CCCN(C(=O)c2cnc3c(cnn3-c3cncc(C#N)c3)c2)C1. The van der Waals surface area contributed by atoms with Crippen molar-refractivity contribution in [2.75, 3.05) is 13.1 Å². The van der Waals surface area contributed by atoms with E-state index in [-0.39, 0.29) is 5.91 Å². The van der Waals surface area contributed by atoms with Gasteiger partial charge in [0.25, 0.3) is 5.91 Å². The summed E-state index contributed by atoms with van der Waals surface area (Å²) in [5, 5.41) is 14.2. The highest BCUT2D eigenvalue weighted by molar-refractivity contribution is 5.97. The van der Waals surface area contributed by atoms with E-state index >= 15 is 0 Å². The number of amides is 1. The number of rotatable bonds is 2. The van der Waals surface area contributed by atoms with E-state index in [0.29, 0.717) is 28.4 Å². The van der Waals surface area contributed by atoms with E-state index in [1.165, 1.54) is 12.6 Å². The molecule has 0 aliphatic carbocycles. The van der Waals surface area contributed by atoms with Crippen molar-refractivity contribution in [2.45, 2.75) is 19.8 Å². The maximum absolute atomic E-state index is 12.8. The Morgan fingerprint density at radius 2 is 2.15 bits per heavy atom. The van der Waals surface area contributed by atoms with Crippen molar-refractivity contribution in [3.63, 3.8) is 0 Å². The number of likely N-dealkylation sites (tertiary alicyclic amines) is 1. The number of hydrogen-bond donors (Lipinski definition) is 0. The molecule has 4 heterocycles. The molecule has 0 N–H and O–H groups in total. The van der Waals surface area contributed by atoms with Crippen LogP contribution in [0.3, 0.4) is 0 Å². The smallest absolute Gasteiger partial charge is 0.255 e. The van der Waals surface area contributed by atoms with Crippen molar-refractivity contribution in [1.82, 2.24) is 24.6 Å². The van der Waals surface area contributed by atoms with Gasteiger partial charge in [-0.2, -0.15) is 10.4 Å². The summed E-state index contributed by atoms with van der Waals surface area (Å²) in [6.45, 7) is 3.77. The van der Waals surface area contributed by atoms with Crippen LogP contribution in [0.2, 0.25) is 0 Å². The average Bonchev–Trinajstić information content (AvgIpc) is 3.10. The van der Waals surface area contributed by atoms with E-state index in [4.69, 9.17) is 5.26 Å². The molecule has 0 saturated carbocycles. The van der Waals surface area contributed by atoms with Crippen LogP contribution < -0.4 is 0 Å². The van der Waals surface area contributed by atoms with Crippen molar-refractivity contribution in [3.05, 3.63) is 48.0 Å². The van der Waals surface area contributed by atoms with Crippen molar-refractivity contribution < 1.29 is 4.79 Å². The lowest BCUT2D eigenvalue weighted by atomic mass is 10.00. The monoisotopic (exact) mass is 346 g/mol. The number of piperidine rings is 1. The summed E-state index contributed by atoms with van der Waals surface area (Å²) in [7, 11) is 0. The van der Waals surface area contributed by atoms with Crippen LogP contribution in [0.25, 0.3) is 16.7 Å². The Hall–Kier alpha value is -3.27. The summed E-state index contributed by atoms with van der Waals surface area (Å²) >= 11 is 0. The number of carbonyl (C=O) groups is 1. The fourth-order valence-electron chi connectivity index (χ4n) is 3.39. The Labute approximate surface area is 150 Å². The van der Waals surface area contributed by atoms with Crippen molar-refractivity contribution >= 4 is 16.9 Å². The maximum atomic E-state index is 12.8. The van der Waals surface area contributed by atoms with Gasteiger partial charge in [0, 0.05) is 30.9 Å². The van der Waals surface area contributed by atoms with Gasteiger partial charge >= 0.3 is 0 Å². The van der Waals surface area contributed by atoms with E-state index in [0.717, 1.165) is 24.9 Å². The molecule has 1 amide bonds. The maximum Gasteiger partial charge on any atom is 0.255 e. The number of carbonyl (C=O) groups excluding carboxylic acids is 1. The summed E-state index contributed by atoms with van der Waals surface area (Å²) in [4.78, 5) is 23.2. The van der Waals surface area contributed by atoms with Crippen molar-refractivity contribution in [1.29, 1.82) is 5.26 Å². The van der Waals surface area contributed by atoms with Gasteiger partial charge in [0.1, 0.15) is 6.07 Å². The molecule has 130 valence electrons. The molecule has 7 heteroatoms. The van der Waals surface area contributed by atoms with Crippen molar-refractivity contribution in [2.24, 2.45) is 5.92 Å². The van der Waals surface area contributed by atoms with E-state index in [1.54, 1.807) is 29.3 Å². The second-order valence-corrected chi connectivity index (χ2v) is 6.74. The summed E-state index contributed by atoms with van der Waals surface area (Å²) in [5.41, 5.74) is 2.33. The predicted octanol–water partition coefficient (Wildman–Crippen LogP) is 2.56. The zero-order valence-electron chi connectivity index (χ0n) is 14.5. The van der Waals surface area contributed by atoms with Crippen LogP contribution in [0, 0.1) is 17.2 Å². The highest BCUT2D eigenvalue weighted by atomic mass is 16.2. The molecule has 3 aromatic rings. The summed E-state index contributed by atoms with van der Waals surface area (Å²) in [6, 6.07) is 5.60. The Morgan fingerprint density at radius 3 is 2.96 bits per heavy atom. The number of aromatic nitrogens is 4. The van der Waals surface area contributed by atoms with Crippen molar-refractivity contribution in [3.8, 4) is 11.8 Å². The minimum Gasteiger partial charge on any atom is -0.338 e. The van der Waals surface area contributed by atoms with Gasteiger partial charge in [0.2, 0.25) is 0 Å². The fourth-order valence-corrected chi connectivity index (χ4v) is 3.39. The molecule has 1 aliphatic heterocycles. The number of hydrogen-bond acceptors (Lipinski definition) is 5. The Kier molecular flexibility index (Phi) is 4.09. The molecule has 26 heavy (non-hydrogen) atoms. The molecule has 1 aliphatic rings. The molecule has 0 aromatic carbocycles. The summed E-state index contributed by atoms with van der Waals surface area (Å²) < 4.78 is 1.63. The third kappa shape index (κ3) is 2.90. The van der Waals surface area contributed by atoms with E-state index in [1.807, 2.05) is 11.0 Å². The van der Waals surface area contributed by atoms with Gasteiger partial charge < -0.3 is 4.90 Å². The largest absolute Gasteiger partial charge is 0.338 e. The normalized spacial score (nSPS) is 17.2. The molecule has 0 radical (unpaired) electrons. The Balaban J connectivity index is 1.67. The Bertz CT molecular complexity index is 1020. The lowest BCUT2D eigenvalue weighted by Gasteiger charge is -2.30. The fraction of sp³-hybridized carbons (Fsp3) is 0.316. The molecule has 1 fully saturated rings. The molecule has 3 aromatic heterocycles. The number of nitriles is 1. The van der Waals surface area contributed by atoms with Crippen LogP contribution >= 0.6 is 0 Å². The average molecular weight is 346 g/mol. The van der Waals surface area contributed by atoms with Gasteiger partial charge in [-0.15, -0.1) is 0 Å². The molecule has 7 nitrogen and oxygen atoms in total. The summed E-state index contributed by atoms with van der Waals surface area (Å²) in [6.07, 6.45) is 8.62. The first-order valence-corrected chi connectivity index (χ1v) is 8.64. The lowest BCUT2D eigenvalue weighted by molar-refractivity contribution is 0.0683. The first kappa shape index (κ1) is 16.2. The second-order valence-electron chi connectivity index (χ2n) is 6.74. The first-order valence-electron chi connectivity index (χ1n) is 8.64. The molecular formula is C19H18N6O. The highest BCUT2D eigenvalue weighted by Gasteiger charge is 2.22. The zero-order valence-corrected chi connectivity index (χ0v) is 14.5. The quantitative estimate of drug-likeness (QED) is 0.711. The van der Waals surface area contributed by atoms with Crippen LogP contribution in [0.15, 0.2) is 36.9 Å². The molecular weight excluding hydrogens is 328 g/mol. The van der Waals surface area contributed by atoms with Crippen LogP contribution in [0.4, 0.5) is 0 Å². The second kappa shape index (κ2) is 6.56. The van der Waals surface area contributed by atoms with E-state index < -0.39 is 0 Å². The van der Waals surface area contributed by atoms with Crippen LogP contribution in [-0.2, 0) is 0 Å². The predicted molar refractivity (Wildman–Crippen MR) is 95.7 cm³/mol. The van der Waals surface area contributed by atoms with Crippen LogP contribution in [0.5, 0.6) is 0 Å². The minimum absolute atomic E-state index is 0.0202. The molecule has 0 spiro atoms. The number of fused-ring (bicyclic) bond motifs is 1. The molecule has 4 rings (SSSR count). The van der Waals surface area contributed by atoms with Gasteiger partial charge in [-0.1, -0.05) is 6.92 Å². The molecule has 1 saturated heterocycles. The standard InChI is InChI=1S/C19H18N6O/c1-13-3-2-4-24(12-13)19(26)16-6-15-10-23-25(18(15)22-9-16)17-5-14(7-20)8-21-11-17/h5-6,8-11,13H,2-4,12H2,1H3/t13-/m0/s1. The summed E-state index contributed by atoms with van der Waals surface area (Å²) in [5.74, 6) is 0.555. The number of nitrogens with zero attached hydrogens (tertiary/aromatic N) is 6. The van der Waals surface area contributed by atoms with E-state index in [9.17, 15) is 4.79 Å². The molecule has 0 unspecified atom stereocenters. The highest BCUT2D eigenvalue weighted by Crippen LogP contribution is 2.21. The zero-order chi connectivity index (χ0) is 18.1. The van der Waals surface area contributed by atoms with Gasteiger partial charge in [-0.05, 0) is 30.9 Å². The Morgan fingerprint density at radius 1 is 1.27 bits per heavy atom. The topological polar surface area (TPSA) is 87.7 Å². The molecule has 0 bridgehead atoms. The van der Waals surface area contributed by atoms with E-state index in [2.05, 4.69) is 28.1 Å². The van der Waals surface area contributed by atoms with Gasteiger partial charge in [0.15, 0.2) is 5.65 Å². The third-order valence-corrected chi connectivity index (χ3v) is 4.70. The third-order valence-electron chi connectivity index (χ3n) is 4.70. The lowest BCUT2D eigenvalue weighted by Crippen LogP contribution is -2.39.